The van der Waals surface area contributed by atoms with Crippen LogP contribution in [0.1, 0.15) is 34.9 Å². The molecule has 25 heavy (non-hydrogen) atoms. The largest absolute Gasteiger partial charge is 0.345 e. The molecule has 1 fully saturated rings. The molecule has 0 N–H and O–H groups in total. The third-order valence-electron chi connectivity index (χ3n) is 4.47. The van der Waals surface area contributed by atoms with Gasteiger partial charge < -0.3 is 9.80 Å². The first-order valence-electron chi connectivity index (χ1n) is 8.25. The van der Waals surface area contributed by atoms with Crippen LogP contribution >= 0.6 is 0 Å². The first-order chi connectivity index (χ1) is 12.2. The number of fused-ring (bicyclic) bond motifs is 1. The van der Waals surface area contributed by atoms with Gasteiger partial charge in [-0.15, -0.1) is 0 Å². The topological polar surface area (TPSA) is 79.5 Å². The van der Waals surface area contributed by atoms with Crippen molar-refractivity contribution in [2.45, 2.75) is 18.9 Å². The molecular weight excluding hydrogens is 318 g/mol. The predicted molar refractivity (Wildman–Crippen MR) is 92.4 cm³/mol. The smallest absolute Gasteiger partial charge is 0.258 e. The Morgan fingerprint density at radius 2 is 2.00 bits per heavy atom. The highest BCUT2D eigenvalue weighted by Crippen LogP contribution is 2.34. The molecule has 0 aromatic carbocycles. The average molecular weight is 337 g/mol. The third kappa shape index (κ3) is 2.59. The number of carbonyl (C=O) groups is 1. The number of aromatic nitrogens is 5. The van der Waals surface area contributed by atoms with Gasteiger partial charge in [0.25, 0.3) is 5.91 Å². The predicted octanol–water partition coefficient (Wildman–Crippen LogP) is 1.56. The number of nitrogens with zero attached hydrogens (tertiary/aromatic N) is 7. The zero-order valence-corrected chi connectivity index (χ0v) is 14.2. The van der Waals surface area contributed by atoms with Crippen molar-refractivity contribution in [2.75, 3.05) is 25.5 Å². The maximum atomic E-state index is 12.3. The van der Waals surface area contributed by atoms with Crippen LogP contribution in [0.15, 0.2) is 36.9 Å². The molecule has 0 radical (unpaired) electrons. The van der Waals surface area contributed by atoms with E-state index in [1.807, 2.05) is 12.1 Å². The van der Waals surface area contributed by atoms with E-state index in [1.165, 1.54) is 4.90 Å². The van der Waals surface area contributed by atoms with Gasteiger partial charge in [0, 0.05) is 39.2 Å². The van der Waals surface area contributed by atoms with Crippen molar-refractivity contribution in [1.82, 2.24) is 29.5 Å². The second-order valence-electron chi connectivity index (χ2n) is 6.26. The summed E-state index contributed by atoms with van der Waals surface area (Å²) in [5.41, 5.74) is 2.08. The minimum Gasteiger partial charge on any atom is -0.345 e. The molecule has 1 unspecified atom stereocenters. The van der Waals surface area contributed by atoms with Crippen molar-refractivity contribution in [3.63, 3.8) is 0 Å². The molecule has 3 aromatic heterocycles. The minimum absolute atomic E-state index is 0.102. The number of anilines is 1. The summed E-state index contributed by atoms with van der Waals surface area (Å²) >= 11 is 0. The van der Waals surface area contributed by atoms with Crippen LogP contribution in [0.3, 0.4) is 0 Å². The maximum absolute atomic E-state index is 12.3. The fourth-order valence-electron chi connectivity index (χ4n) is 3.31. The van der Waals surface area contributed by atoms with E-state index in [4.69, 9.17) is 0 Å². The lowest BCUT2D eigenvalue weighted by Crippen LogP contribution is -2.26. The molecule has 3 aromatic rings. The molecule has 1 aliphatic rings. The van der Waals surface area contributed by atoms with Crippen LogP contribution in [0.25, 0.3) is 5.65 Å². The van der Waals surface area contributed by atoms with Gasteiger partial charge in [-0.25, -0.2) is 19.5 Å². The van der Waals surface area contributed by atoms with Gasteiger partial charge in [-0.3, -0.25) is 4.79 Å². The summed E-state index contributed by atoms with van der Waals surface area (Å²) in [5.74, 6) is 0.612. The van der Waals surface area contributed by atoms with E-state index in [2.05, 4.69) is 25.0 Å². The lowest BCUT2D eigenvalue weighted by atomic mass is 10.1. The minimum atomic E-state index is -0.102. The lowest BCUT2D eigenvalue weighted by Gasteiger charge is -2.24. The van der Waals surface area contributed by atoms with E-state index in [1.54, 1.807) is 43.4 Å². The van der Waals surface area contributed by atoms with Gasteiger partial charge >= 0.3 is 0 Å². The Morgan fingerprint density at radius 3 is 2.76 bits per heavy atom. The summed E-state index contributed by atoms with van der Waals surface area (Å²) in [5, 5.41) is 4.43. The van der Waals surface area contributed by atoms with Gasteiger partial charge in [-0.1, -0.05) is 0 Å². The molecule has 0 aliphatic carbocycles. The molecule has 1 amide bonds. The quantitative estimate of drug-likeness (QED) is 0.722. The van der Waals surface area contributed by atoms with Crippen molar-refractivity contribution in [3.05, 3.63) is 48.2 Å². The average Bonchev–Trinajstić information content (AvgIpc) is 3.28. The van der Waals surface area contributed by atoms with E-state index < -0.39 is 0 Å². The fourth-order valence-corrected chi connectivity index (χ4v) is 3.31. The molecule has 8 nitrogen and oxygen atoms in total. The summed E-state index contributed by atoms with van der Waals surface area (Å²) in [6, 6.07) is 3.87. The summed E-state index contributed by atoms with van der Waals surface area (Å²) in [4.78, 5) is 29.2. The fraction of sp³-hybridized carbons (Fsp3) is 0.353. The number of carbonyl (C=O) groups excluding carboxylic acids is 1. The van der Waals surface area contributed by atoms with E-state index >= 15 is 0 Å². The lowest BCUT2D eigenvalue weighted by molar-refractivity contribution is 0.0829. The van der Waals surface area contributed by atoms with Crippen LogP contribution in [-0.4, -0.2) is 56.0 Å². The standard InChI is InChI=1S/C17H19N7O/c1-22(2)16(25)12-11-21-24-14(6-9-18-15(12)24)13-5-3-10-23(13)17-19-7-4-8-20-17/h4,6-9,11,13H,3,5,10H2,1-2H3. The highest BCUT2D eigenvalue weighted by Gasteiger charge is 2.30. The maximum Gasteiger partial charge on any atom is 0.258 e. The van der Waals surface area contributed by atoms with Gasteiger partial charge in [0.15, 0.2) is 5.65 Å². The van der Waals surface area contributed by atoms with Crippen LogP contribution in [0.5, 0.6) is 0 Å². The van der Waals surface area contributed by atoms with Gasteiger partial charge in [-0.2, -0.15) is 5.10 Å². The molecule has 1 atom stereocenters. The molecule has 1 saturated heterocycles. The SMILES string of the molecule is CN(C)C(=O)c1cnn2c(C3CCCN3c3ncccn3)ccnc12. The van der Waals surface area contributed by atoms with Crippen molar-refractivity contribution in [1.29, 1.82) is 0 Å². The van der Waals surface area contributed by atoms with Crippen LogP contribution in [-0.2, 0) is 0 Å². The first kappa shape index (κ1) is 15.5. The third-order valence-corrected chi connectivity index (χ3v) is 4.47. The van der Waals surface area contributed by atoms with Crippen LogP contribution in [0.2, 0.25) is 0 Å². The molecule has 1 aliphatic heterocycles. The van der Waals surface area contributed by atoms with E-state index in [0.717, 1.165) is 25.1 Å². The highest BCUT2D eigenvalue weighted by atomic mass is 16.2. The molecule has 4 heterocycles. The monoisotopic (exact) mass is 337 g/mol. The van der Waals surface area contributed by atoms with Crippen molar-refractivity contribution in [2.24, 2.45) is 0 Å². The van der Waals surface area contributed by atoms with Gasteiger partial charge in [0.2, 0.25) is 5.95 Å². The van der Waals surface area contributed by atoms with Gasteiger partial charge in [0.1, 0.15) is 5.56 Å². The Morgan fingerprint density at radius 1 is 1.20 bits per heavy atom. The summed E-state index contributed by atoms with van der Waals surface area (Å²) in [6.45, 7) is 0.892. The van der Waals surface area contributed by atoms with Crippen molar-refractivity contribution in [3.8, 4) is 0 Å². The Kier molecular flexibility index (Phi) is 3.79. The zero-order chi connectivity index (χ0) is 17.4. The molecule has 0 bridgehead atoms. The Labute approximate surface area is 145 Å². The van der Waals surface area contributed by atoms with Crippen molar-refractivity contribution >= 4 is 17.5 Å². The Bertz CT molecular complexity index is 906. The summed E-state index contributed by atoms with van der Waals surface area (Å²) in [6.07, 6.45) is 8.86. The normalized spacial score (nSPS) is 17.2. The second-order valence-corrected chi connectivity index (χ2v) is 6.26. The van der Waals surface area contributed by atoms with Crippen LogP contribution < -0.4 is 4.90 Å². The summed E-state index contributed by atoms with van der Waals surface area (Å²) in [7, 11) is 3.45. The molecule has 0 spiro atoms. The van der Waals surface area contributed by atoms with Gasteiger partial charge in [-0.05, 0) is 25.0 Å². The van der Waals surface area contributed by atoms with Crippen molar-refractivity contribution < 1.29 is 4.79 Å². The highest BCUT2D eigenvalue weighted by molar-refractivity contribution is 5.99. The first-order valence-corrected chi connectivity index (χ1v) is 8.25. The van der Waals surface area contributed by atoms with E-state index in [0.29, 0.717) is 17.2 Å². The van der Waals surface area contributed by atoms with E-state index in [9.17, 15) is 4.79 Å². The Balaban J connectivity index is 1.78. The molecular formula is C17H19N7O. The summed E-state index contributed by atoms with van der Waals surface area (Å²) < 4.78 is 1.77. The number of amides is 1. The second kappa shape index (κ2) is 6.12. The zero-order valence-electron chi connectivity index (χ0n) is 14.2. The van der Waals surface area contributed by atoms with E-state index in [-0.39, 0.29) is 11.9 Å². The van der Waals surface area contributed by atoms with Crippen LogP contribution in [0.4, 0.5) is 5.95 Å². The van der Waals surface area contributed by atoms with Gasteiger partial charge in [0.05, 0.1) is 17.9 Å². The van der Waals surface area contributed by atoms with Crippen LogP contribution in [0, 0.1) is 0 Å². The number of hydrogen-bond acceptors (Lipinski definition) is 6. The number of rotatable bonds is 3. The molecule has 128 valence electrons. The molecule has 0 saturated carbocycles. The molecule has 8 heteroatoms. The Hall–Kier alpha value is -3.03. The number of hydrogen-bond donors (Lipinski definition) is 0. The molecule has 4 rings (SSSR count).